The van der Waals surface area contributed by atoms with Gasteiger partial charge in [0.1, 0.15) is 6.04 Å². The lowest BCUT2D eigenvalue weighted by molar-refractivity contribution is -0.117. The average molecular weight is 414 g/mol. The highest BCUT2D eigenvalue weighted by Gasteiger charge is 2.33. The van der Waals surface area contributed by atoms with Gasteiger partial charge in [-0.2, -0.15) is 0 Å². The number of hydrogen-bond acceptors (Lipinski definition) is 6. The molecule has 2 aliphatic heterocycles. The molecule has 2 aliphatic rings. The quantitative estimate of drug-likeness (QED) is 0.646. The van der Waals surface area contributed by atoms with E-state index >= 15 is 0 Å². The number of nitrogens with one attached hydrogen (secondary N) is 3. The van der Waals surface area contributed by atoms with Crippen molar-refractivity contribution in [2.45, 2.75) is 25.0 Å². The summed E-state index contributed by atoms with van der Waals surface area (Å²) in [6.45, 7) is 2.85. The molecular formula is C22H27FN4O3. The molecule has 2 aromatic carbocycles. The molecule has 0 spiro atoms. The molecule has 2 aromatic rings. The Kier molecular flexibility index (Phi) is 6.17. The van der Waals surface area contributed by atoms with Crippen LogP contribution in [0.15, 0.2) is 36.4 Å². The third kappa shape index (κ3) is 4.12. The number of hydrogen-bond donors (Lipinski definition) is 3. The minimum atomic E-state index is -0.430. The molecule has 4 rings (SSSR count). The van der Waals surface area contributed by atoms with Gasteiger partial charge in [0.15, 0.2) is 11.6 Å². The number of amides is 1. The van der Waals surface area contributed by atoms with Crippen molar-refractivity contribution in [2.75, 3.05) is 44.1 Å². The number of hydrazine groups is 1. The first kappa shape index (κ1) is 20.6. The van der Waals surface area contributed by atoms with E-state index < -0.39 is 5.82 Å². The first-order valence-electron chi connectivity index (χ1n) is 10.1. The number of carbonyl (C=O) groups excluding carboxylic acids is 1. The summed E-state index contributed by atoms with van der Waals surface area (Å²) in [6, 6.07) is 10.3. The summed E-state index contributed by atoms with van der Waals surface area (Å²) in [5, 5.41) is 3.21. The zero-order valence-corrected chi connectivity index (χ0v) is 17.2. The van der Waals surface area contributed by atoms with E-state index in [-0.39, 0.29) is 17.7 Å². The lowest BCUT2D eigenvalue weighted by Crippen LogP contribution is -2.33. The van der Waals surface area contributed by atoms with Crippen LogP contribution in [0.1, 0.15) is 23.5 Å². The number of benzene rings is 2. The van der Waals surface area contributed by atoms with E-state index in [0.29, 0.717) is 31.2 Å². The number of rotatable bonds is 7. The molecule has 7 nitrogen and oxygen atoms in total. The Balaban J connectivity index is 1.51. The second-order valence-electron chi connectivity index (χ2n) is 7.60. The van der Waals surface area contributed by atoms with Crippen LogP contribution in [0.2, 0.25) is 0 Å². The zero-order chi connectivity index (χ0) is 21.1. The van der Waals surface area contributed by atoms with Gasteiger partial charge in [0, 0.05) is 50.1 Å². The molecule has 3 N–H and O–H groups in total. The van der Waals surface area contributed by atoms with Gasteiger partial charge in [0.2, 0.25) is 5.91 Å². The molecular weight excluding hydrogens is 387 g/mol. The number of nitrogens with zero attached hydrogens (tertiary/aromatic N) is 1. The molecule has 160 valence electrons. The van der Waals surface area contributed by atoms with E-state index in [1.807, 2.05) is 6.07 Å². The highest BCUT2D eigenvalue weighted by molar-refractivity contribution is 6.01. The smallest absolute Gasteiger partial charge is 0.249 e. The Morgan fingerprint density at radius 1 is 1.17 bits per heavy atom. The molecule has 30 heavy (non-hydrogen) atoms. The van der Waals surface area contributed by atoms with E-state index in [0.717, 1.165) is 24.3 Å². The van der Waals surface area contributed by atoms with Crippen LogP contribution >= 0.6 is 0 Å². The molecule has 2 fully saturated rings. The molecule has 1 amide bonds. The zero-order valence-electron chi connectivity index (χ0n) is 17.2. The summed E-state index contributed by atoms with van der Waals surface area (Å²) < 4.78 is 24.1. The van der Waals surface area contributed by atoms with Crippen molar-refractivity contribution in [1.29, 1.82) is 0 Å². The van der Waals surface area contributed by atoms with Crippen LogP contribution in [0, 0.1) is 5.82 Å². The second kappa shape index (κ2) is 8.99. The van der Waals surface area contributed by atoms with Crippen molar-refractivity contribution >= 4 is 17.3 Å². The fraction of sp³-hybridized carbons (Fsp3) is 0.409. The van der Waals surface area contributed by atoms with Gasteiger partial charge in [-0.05, 0) is 41.8 Å². The Morgan fingerprint density at radius 3 is 2.70 bits per heavy atom. The number of carbonyl (C=O) groups is 1. The normalized spacial score (nSPS) is 19.5. The standard InChI is InChI=1S/C22H27FN4O3/c1-29-13-14-9-17(4-5-18(14)15-11-24-25-12-15)27-8-7-20(22(27)28)26-16-3-6-19(23)21(10-16)30-2/h3-6,9-10,15,20,24-26H,7-8,11-13H2,1-2H3. The number of ether oxygens (including phenoxy) is 2. The minimum Gasteiger partial charge on any atom is -0.494 e. The summed E-state index contributed by atoms with van der Waals surface area (Å²) >= 11 is 0. The first-order chi connectivity index (χ1) is 14.6. The summed E-state index contributed by atoms with van der Waals surface area (Å²) in [5.41, 5.74) is 10.2. The third-order valence-corrected chi connectivity index (χ3v) is 5.70. The molecule has 1 unspecified atom stereocenters. The van der Waals surface area contributed by atoms with Crippen LogP contribution in [0.5, 0.6) is 5.75 Å². The molecule has 0 aliphatic carbocycles. The number of anilines is 2. The van der Waals surface area contributed by atoms with Crippen molar-refractivity contribution in [3.05, 3.63) is 53.3 Å². The molecule has 2 heterocycles. The number of methoxy groups -OCH3 is 2. The Labute approximate surface area is 175 Å². The maximum atomic E-state index is 13.6. The van der Waals surface area contributed by atoms with Gasteiger partial charge in [-0.1, -0.05) is 6.07 Å². The van der Waals surface area contributed by atoms with E-state index in [1.54, 1.807) is 24.1 Å². The monoisotopic (exact) mass is 414 g/mol. The maximum Gasteiger partial charge on any atom is 0.249 e. The Morgan fingerprint density at radius 2 is 1.97 bits per heavy atom. The molecule has 0 bridgehead atoms. The lowest BCUT2D eigenvalue weighted by atomic mass is 9.94. The van der Waals surface area contributed by atoms with E-state index in [4.69, 9.17) is 9.47 Å². The van der Waals surface area contributed by atoms with E-state index in [2.05, 4.69) is 28.3 Å². The second-order valence-corrected chi connectivity index (χ2v) is 7.60. The van der Waals surface area contributed by atoms with Crippen molar-refractivity contribution in [3.8, 4) is 5.75 Å². The van der Waals surface area contributed by atoms with Crippen molar-refractivity contribution < 1.29 is 18.7 Å². The summed E-state index contributed by atoms with van der Waals surface area (Å²) in [4.78, 5) is 14.8. The summed E-state index contributed by atoms with van der Waals surface area (Å²) in [5.74, 6) is 0.0961. The molecule has 8 heteroatoms. The first-order valence-corrected chi connectivity index (χ1v) is 10.1. The highest BCUT2D eigenvalue weighted by atomic mass is 19.1. The van der Waals surface area contributed by atoms with Crippen LogP contribution in [-0.2, 0) is 16.1 Å². The fourth-order valence-corrected chi connectivity index (χ4v) is 4.14. The summed E-state index contributed by atoms with van der Waals surface area (Å²) in [6.07, 6.45) is 0.663. The molecule has 0 aromatic heterocycles. The van der Waals surface area contributed by atoms with Gasteiger partial charge in [-0.3, -0.25) is 15.6 Å². The molecule has 1 atom stereocenters. The van der Waals surface area contributed by atoms with Gasteiger partial charge in [0.25, 0.3) is 0 Å². The molecule has 0 radical (unpaired) electrons. The van der Waals surface area contributed by atoms with Crippen LogP contribution in [-0.4, -0.2) is 45.8 Å². The average Bonchev–Trinajstić information content (AvgIpc) is 3.40. The lowest BCUT2D eigenvalue weighted by Gasteiger charge is -2.21. The minimum absolute atomic E-state index is 0.00129. The van der Waals surface area contributed by atoms with E-state index in [9.17, 15) is 9.18 Å². The number of halogens is 1. The van der Waals surface area contributed by atoms with Crippen LogP contribution in [0.4, 0.5) is 15.8 Å². The van der Waals surface area contributed by atoms with Gasteiger partial charge in [-0.25, -0.2) is 4.39 Å². The van der Waals surface area contributed by atoms with Crippen molar-refractivity contribution in [1.82, 2.24) is 10.9 Å². The molecule has 2 saturated heterocycles. The van der Waals surface area contributed by atoms with Gasteiger partial charge in [-0.15, -0.1) is 0 Å². The molecule has 0 saturated carbocycles. The topological polar surface area (TPSA) is 74.9 Å². The van der Waals surface area contributed by atoms with Crippen LogP contribution in [0.25, 0.3) is 0 Å². The van der Waals surface area contributed by atoms with Gasteiger partial charge >= 0.3 is 0 Å². The van der Waals surface area contributed by atoms with Crippen molar-refractivity contribution in [2.24, 2.45) is 0 Å². The van der Waals surface area contributed by atoms with E-state index in [1.165, 1.54) is 18.7 Å². The van der Waals surface area contributed by atoms with Gasteiger partial charge < -0.3 is 19.7 Å². The van der Waals surface area contributed by atoms with Gasteiger partial charge in [0.05, 0.1) is 13.7 Å². The predicted octanol–water partition coefficient (Wildman–Crippen LogP) is 2.39. The predicted molar refractivity (Wildman–Crippen MR) is 113 cm³/mol. The SMILES string of the molecule is COCc1cc(N2CCC(Nc3ccc(F)c(OC)c3)C2=O)ccc1C1CNNC1. The van der Waals surface area contributed by atoms with Crippen LogP contribution in [0.3, 0.4) is 0 Å². The summed E-state index contributed by atoms with van der Waals surface area (Å²) in [7, 11) is 3.10. The third-order valence-electron chi connectivity index (χ3n) is 5.70. The van der Waals surface area contributed by atoms with Crippen molar-refractivity contribution in [3.63, 3.8) is 0 Å². The maximum absolute atomic E-state index is 13.6. The van der Waals surface area contributed by atoms with Crippen LogP contribution < -0.4 is 25.8 Å². The Hall–Kier alpha value is -2.68. The highest BCUT2D eigenvalue weighted by Crippen LogP contribution is 2.30. The fourth-order valence-electron chi connectivity index (χ4n) is 4.14. The Bertz CT molecular complexity index is 917. The largest absolute Gasteiger partial charge is 0.494 e.